The van der Waals surface area contributed by atoms with Crippen LogP contribution < -0.4 is 15.0 Å². The molecule has 0 aliphatic carbocycles. The average Bonchev–Trinajstić information content (AvgIpc) is 2.76. The molecule has 174 valence electrons. The molecule has 1 N–H and O–H groups in total. The molecular weight excluding hydrogens is 469 g/mol. The van der Waals surface area contributed by atoms with Gasteiger partial charge in [0, 0.05) is 5.02 Å². The number of rotatable bonds is 14. The number of hydrogen-bond acceptors (Lipinski definition) is 4. The second-order valence-corrected chi connectivity index (χ2v) is 8.68. The van der Waals surface area contributed by atoms with Gasteiger partial charge in [-0.1, -0.05) is 60.4 Å². The summed E-state index contributed by atoms with van der Waals surface area (Å²) in [5.74, 6) is 1.71. The Morgan fingerprint density at radius 3 is 2.44 bits per heavy atom. The van der Waals surface area contributed by atoms with Gasteiger partial charge in [0.05, 0.1) is 18.9 Å². The second-order valence-electron chi connectivity index (χ2n) is 7.23. The van der Waals surface area contributed by atoms with Crippen molar-refractivity contribution < 1.29 is 14.3 Å². The van der Waals surface area contributed by atoms with Crippen molar-refractivity contribution >= 4 is 40.5 Å². The summed E-state index contributed by atoms with van der Waals surface area (Å²) in [6.07, 6.45) is 5.34. The highest BCUT2D eigenvalue weighted by molar-refractivity contribution is 6.55. The number of benzene rings is 2. The zero-order valence-corrected chi connectivity index (χ0v) is 20.8. The molecule has 0 aliphatic heterocycles. The maximum atomic E-state index is 6.08. The van der Waals surface area contributed by atoms with Crippen molar-refractivity contribution in [3.8, 4) is 11.5 Å². The van der Waals surface area contributed by atoms with E-state index in [4.69, 9.17) is 49.1 Å². The topological polar surface area (TPSA) is 39.7 Å². The first-order chi connectivity index (χ1) is 15.4. The normalized spacial score (nSPS) is 10.5. The van der Waals surface area contributed by atoms with Crippen molar-refractivity contribution in [3.05, 3.63) is 75.3 Å². The van der Waals surface area contributed by atoms with Crippen LogP contribution in [0, 0.1) is 6.92 Å². The number of hydroxylamine groups is 1. The van der Waals surface area contributed by atoms with E-state index in [-0.39, 0.29) is 4.49 Å². The summed E-state index contributed by atoms with van der Waals surface area (Å²) in [6, 6.07) is 11.4. The smallest absolute Gasteiger partial charge is 0.125 e. The third kappa shape index (κ3) is 9.33. The second kappa shape index (κ2) is 14.3. The average molecular weight is 499 g/mol. The Morgan fingerprint density at radius 1 is 1.03 bits per heavy atom. The molecule has 0 aromatic heterocycles. The Morgan fingerprint density at radius 2 is 1.75 bits per heavy atom. The Bertz CT molecular complexity index is 894. The van der Waals surface area contributed by atoms with E-state index in [1.54, 1.807) is 6.08 Å². The van der Waals surface area contributed by atoms with Gasteiger partial charge in [-0.2, -0.15) is 0 Å². The molecule has 7 heteroatoms. The highest BCUT2D eigenvalue weighted by atomic mass is 35.5. The number of unbranched alkanes of at least 4 members (excludes halogenated alkanes) is 2. The van der Waals surface area contributed by atoms with E-state index >= 15 is 0 Å². The molecule has 0 atom stereocenters. The molecule has 0 spiro atoms. The van der Waals surface area contributed by atoms with E-state index in [2.05, 4.69) is 19.0 Å². The molecule has 0 heterocycles. The van der Waals surface area contributed by atoms with Gasteiger partial charge in [0.2, 0.25) is 0 Å². The molecule has 0 aliphatic rings. The molecule has 2 aromatic rings. The van der Waals surface area contributed by atoms with Crippen LogP contribution >= 0.6 is 34.8 Å². The molecule has 0 saturated heterocycles. The lowest BCUT2D eigenvalue weighted by Gasteiger charge is -2.16. The van der Waals surface area contributed by atoms with Crippen LogP contribution in [-0.4, -0.2) is 19.8 Å². The lowest BCUT2D eigenvalue weighted by molar-refractivity contribution is 0.0747. The summed E-state index contributed by atoms with van der Waals surface area (Å²) in [6.45, 7) is 9.68. The fraction of sp³-hybridized carbons (Fsp3) is 0.360. The molecular formula is C25H30Cl3NO3. The molecule has 2 aromatic carbocycles. The lowest BCUT2D eigenvalue weighted by atomic mass is 10.1. The quantitative estimate of drug-likeness (QED) is 0.214. The predicted octanol–water partition coefficient (Wildman–Crippen LogP) is 7.65. The summed E-state index contributed by atoms with van der Waals surface area (Å²) >= 11 is 17.1. The lowest BCUT2D eigenvalue weighted by Crippen LogP contribution is -2.13. The standard InChI is InChI=1S/C25H30Cl3NO3/c1-4-20-17-23(30-15-12-24(27)28)16-18(2)25(20)31-13-6-5-7-14-32-29-19(3)21-8-10-22(26)11-9-21/h8-12,16-17,29H,3-7,13-15H2,1-2H3. The van der Waals surface area contributed by atoms with Crippen molar-refractivity contribution in [2.45, 2.75) is 39.5 Å². The number of aryl methyl sites for hydroxylation is 2. The third-order valence-electron chi connectivity index (χ3n) is 4.72. The molecule has 0 amide bonds. The minimum Gasteiger partial charge on any atom is -0.493 e. The summed E-state index contributed by atoms with van der Waals surface area (Å²) in [4.78, 5) is 5.50. The van der Waals surface area contributed by atoms with Crippen LogP contribution in [0.1, 0.15) is 42.9 Å². The van der Waals surface area contributed by atoms with E-state index in [0.717, 1.165) is 53.9 Å². The number of ether oxygens (including phenoxy) is 2. The van der Waals surface area contributed by atoms with E-state index in [9.17, 15) is 0 Å². The first kappa shape index (κ1) is 26.4. The molecule has 2 rings (SSSR count). The van der Waals surface area contributed by atoms with Gasteiger partial charge in [-0.25, -0.2) is 0 Å². The van der Waals surface area contributed by atoms with Crippen molar-refractivity contribution in [2.75, 3.05) is 19.8 Å². The molecule has 4 nitrogen and oxygen atoms in total. The van der Waals surface area contributed by atoms with Crippen molar-refractivity contribution in [1.29, 1.82) is 0 Å². The van der Waals surface area contributed by atoms with Gasteiger partial charge >= 0.3 is 0 Å². The van der Waals surface area contributed by atoms with Crippen LogP contribution in [0.3, 0.4) is 0 Å². The molecule has 32 heavy (non-hydrogen) atoms. The van der Waals surface area contributed by atoms with Crippen LogP contribution in [-0.2, 0) is 11.3 Å². The van der Waals surface area contributed by atoms with E-state index < -0.39 is 0 Å². The highest BCUT2D eigenvalue weighted by Crippen LogP contribution is 2.30. The first-order valence-electron chi connectivity index (χ1n) is 10.6. The van der Waals surface area contributed by atoms with Gasteiger partial charge in [0.25, 0.3) is 0 Å². The van der Waals surface area contributed by atoms with E-state index in [0.29, 0.717) is 30.5 Å². The van der Waals surface area contributed by atoms with Crippen molar-refractivity contribution in [1.82, 2.24) is 5.48 Å². The number of hydrogen-bond donors (Lipinski definition) is 1. The summed E-state index contributed by atoms with van der Waals surface area (Å²) < 4.78 is 12.0. The summed E-state index contributed by atoms with van der Waals surface area (Å²) in [5.41, 5.74) is 6.71. The predicted molar refractivity (Wildman–Crippen MR) is 135 cm³/mol. The summed E-state index contributed by atoms with van der Waals surface area (Å²) in [5, 5.41) is 0.695. The van der Waals surface area contributed by atoms with Gasteiger partial charge in [0.15, 0.2) is 0 Å². The van der Waals surface area contributed by atoms with Gasteiger partial charge in [-0.3, -0.25) is 10.3 Å². The minimum atomic E-state index is 0.199. The Hall–Kier alpha value is -1.85. The largest absolute Gasteiger partial charge is 0.493 e. The van der Waals surface area contributed by atoms with Gasteiger partial charge in [-0.05, 0) is 79.6 Å². The molecule has 0 unspecified atom stereocenters. The zero-order valence-electron chi connectivity index (χ0n) is 18.6. The fourth-order valence-electron chi connectivity index (χ4n) is 3.04. The first-order valence-corrected chi connectivity index (χ1v) is 11.8. The highest BCUT2D eigenvalue weighted by Gasteiger charge is 2.09. The van der Waals surface area contributed by atoms with Crippen LogP contribution in [0.4, 0.5) is 0 Å². The van der Waals surface area contributed by atoms with E-state index in [1.807, 2.05) is 43.3 Å². The van der Waals surface area contributed by atoms with E-state index in [1.165, 1.54) is 0 Å². The van der Waals surface area contributed by atoms with Gasteiger partial charge < -0.3 is 9.47 Å². The van der Waals surface area contributed by atoms with Crippen LogP contribution in [0.5, 0.6) is 11.5 Å². The Labute approximate surface area is 206 Å². The zero-order chi connectivity index (χ0) is 23.3. The van der Waals surface area contributed by atoms with Gasteiger partial charge in [0.1, 0.15) is 22.6 Å². The maximum absolute atomic E-state index is 6.08. The monoisotopic (exact) mass is 497 g/mol. The minimum absolute atomic E-state index is 0.199. The third-order valence-corrected chi connectivity index (χ3v) is 5.28. The fourth-order valence-corrected chi connectivity index (χ4v) is 3.29. The number of halogens is 3. The number of nitrogens with one attached hydrogen (secondary N) is 1. The molecule has 0 saturated carbocycles. The van der Waals surface area contributed by atoms with Crippen molar-refractivity contribution in [2.24, 2.45) is 0 Å². The SMILES string of the molecule is C=C(NOCCCCCOc1c(C)cc(OCC=C(Cl)Cl)cc1CC)c1ccc(Cl)cc1. The molecule has 0 fully saturated rings. The Kier molecular flexibility index (Phi) is 11.8. The maximum Gasteiger partial charge on any atom is 0.125 e. The molecule has 0 radical (unpaired) electrons. The van der Waals surface area contributed by atoms with Crippen LogP contribution in [0.15, 0.2) is 53.5 Å². The van der Waals surface area contributed by atoms with Crippen LogP contribution in [0.2, 0.25) is 5.02 Å². The molecule has 0 bridgehead atoms. The van der Waals surface area contributed by atoms with Crippen LogP contribution in [0.25, 0.3) is 5.70 Å². The summed E-state index contributed by atoms with van der Waals surface area (Å²) in [7, 11) is 0. The Balaban J connectivity index is 1.67. The van der Waals surface area contributed by atoms with Gasteiger partial charge in [-0.15, -0.1) is 0 Å². The van der Waals surface area contributed by atoms with Crippen molar-refractivity contribution in [3.63, 3.8) is 0 Å².